The van der Waals surface area contributed by atoms with Gasteiger partial charge in [-0.05, 0) is 31.9 Å². The van der Waals surface area contributed by atoms with Crippen molar-refractivity contribution in [1.82, 2.24) is 14.5 Å². The molecule has 0 radical (unpaired) electrons. The smallest absolute Gasteiger partial charge is 0.245 e. The molecule has 122 valence electrons. The van der Waals surface area contributed by atoms with Crippen molar-refractivity contribution in [1.29, 1.82) is 0 Å². The summed E-state index contributed by atoms with van der Waals surface area (Å²) in [6.07, 6.45) is 6.56. The zero-order valence-electron chi connectivity index (χ0n) is 13.5. The van der Waals surface area contributed by atoms with Crippen molar-refractivity contribution in [3.63, 3.8) is 0 Å². The van der Waals surface area contributed by atoms with Gasteiger partial charge < -0.3 is 14.2 Å². The van der Waals surface area contributed by atoms with E-state index in [4.69, 9.17) is 4.74 Å². The van der Waals surface area contributed by atoms with Gasteiger partial charge in [-0.15, -0.1) is 0 Å². The van der Waals surface area contributed by atoms with E-state index in [1.807, 2.05) is 35.8 Å². The molecule has 4 rings (SSSR count). The van der Waals surface area contributed by atoms with E-state index in [0.29, 0.717) is 13.2 Å². The Morgan fingerprint density at radius 3 is 3.04 bits per heavy atom. The number of aromatic nitrogens is 2. The maximum atomic E-state index is 13.1. The Morgan fingerprint density at radius 1 is 1.30 bits per heavy atom. The molecule has 2 fully saturated rings. The number of hydrogen-bond acceptors (Lipinski definition) is 3. The van der Waals surface area contributed by atoms with Crippen LogP contribution in [0.4, 0.5) is 0 Å². The van der Waals surface area contributed by atoms with E-state index in [-0.39, 0.29) is 24.1 Å². The molecule has 23 heavy (non-hydrogen) atoms. The molecule has 1 aromatic heterocycles. The number of morpholine rings is 1. The number of carbonyl (C=O) groups excluding carboxylic acids is 1. The normalized spacial score (nSPS) is 26.0. The van der Waals surface area contributed by atoms with Gasteiger partial charge in [-0.25, -0.2) is 4.98 Å². The number of para-hydroxylation sites is 2. The number of imidazole rings is 1. The number of nitrogens with zero attached hydrogens (tertiary/aromatic N) is 3. The van der Waals surface area contributed by atoms with Crippen LogP contribution in [0, 0.1) is 0 Å². The van der Waals surface area contributed by atoms with E-state index in [2.05, 4.69) is 9.88 Å². The summed E-state index contributed by atoms with van der Waals surface area (Å²) in [7, 11) is 0. The maximum absolute atomic E-state index is 13.1. The largest absolute Gasteiger partial charge is 0.374 e. The Bertz CT molecular complexity index is 709. The lowest BCUT2D eigenvalue weighted by Gasteiger charge is -2.44. The monoisotopic (exact) mass is 313 g/mol. The van der Waals surface area contributed by atoms with E-state index in [1.165, 1.54) is 12.8 Å². The third kappa shape index (κ3) is 2.53. The van der Waals surface area contributed by atoms with Crippen LogP contribution in [0.3, 0.4) is 0 Å². The van der Waals surface area contributed by atoms with Crippen LogP contribution in [0.1, 0.15) is 38.6 Å². The quantitative estimate of drug-likeness (QED) is 0.856. The molecule has 0 N–H and O–H groups in total. The fourth-order valence-electron chi connectivity index (χ4n) is 4.02. The number of hydrogen-bond donors (Lipinski definition) is 0. The van der Waals surface area contributed by atoms with Crippen LogP contribution in [0.15, 0.2) is 30.6 Å². The SMILES string of the molecule is C[C@H](C(=O)N1CCO[C@@H]2CCCC[C@@H]21)n1cnc2ccccc21. The summed E-state index contributed by atoms with van der Waals surface area (Å²) in [5.74, 6) is 0.188. The molecule has 1 aliphatic carbocycles. The Labute approximate surface area is 136 Å². The summed E-state index contributed by atoms with van der Waals surface area (Å²) in [5.41, 5.74) is 1.95. The molecule has 2 aliphatic rings. The first-order valence-corrected chi connectivity index (χ1v) is 8.59. The first-order chi connectivity index (χ1) is 11.3. The van der Waals surface area contributed by atoms with Crippen molar-refractivity contribution in [3.05, 3.63) is 30.6 Å². The zero-order valence-corrected chi connectivity index (χ0v) is 13.5. The summed E-state index contributed by atoms with van der Waals surface area (Å²) in [6.45, 7) is 3.34. The van der Waals surface area contributed by atoms with Crippen molar-refractivity contribution in [2.24, 2.45) is 0 Å². The van der Waals surface area contributed by atoms with Crippen LogP contribution in [0.2, 0.25) is 0 Å². The van der Waals surface area contributed by atoms with E-state index in [0.717, 1.165) is 23.9 Å². The molecule has 5 nitrogen and oxygen atoms in total. The first kappa shape index (κ1) is 14.7. The maximum Gasteiger partial charge on any atom is 0.245 e. The number of benzene rings is 1. The second-order valence-corrected chi connectivity index (χ2v) is 6.61. The van der Waals surface area contributed by atoms with Gasteiger partial charge in [0.15, 0.2) is 0 Å². The average Bonchev–Trinajstić information content (AvgIpc) is 3.04. The molecule has 1 saturated heterocycles. The molecule has 0 unspecified atom stereocenters. The van der Waals surface area contributed by atoms with Crippen LogP contribution in [-0.2, 0) is 9.53 Å². The topological polar surface area (TPSA) is 47.4 Å². The molecular weight excluding hydrogens is 290 g/mol. The highest BCUT2D eigenvalue weighted by molar-refractivity contribution is 5.84. The van der Waals surface area contributed by atoms with Gasteiger partial charge in [0.05, 0.1) is 36.1 Å². The summed E-state index contributed by atoms with van der Waals surface area (Å²) in [4.78, 5) is 19.6. The van der Waals surface area contributed by atoms with Gasteiger partial charge >= 0.3 is 0 Å². The van der Waals surface area contributed by atoms with Gasteiger partial charge in [-0.2, -0.15) is 0 Å². The van der Waals surface area contributed by atoms with Crippen LogP contribution < -0.4 is 0 Å². The van der Waals surface area contributed by atoms with E-state index < -0.39 is 0 Å². The lowest BCUT2D eigenvalue weighted by atomic mass is 9.90. The third-order valence-corrected chi connectivity index (χ3v) is 5.27. The average molecular weight is 313 g/mol. The van der Waals surface area contributed by atoms with Gasteiger partial charge in [0.1, 0.15) is 6.04 Å². The molecule has 0 spiro atoms. The minimum atomic E-state index is -0.233. The Kier molecular flexibility index (Phi) is 3.81. The number of ether oxygens (including phenoxy) is 1. The fraction of sp³-hybridized carbons (Fsp3) is 0.556. The highest BCUT2D eigenvalue weighted by Crippen LogP contribution is 2.30. The Balaban J connectivity index is 1.60. The molecule has 1 aliphatic heterocycles. The molecule has 2 aromatic rings. The molecule has 0 bridgehead atoms. The van der Waals surface area contributed by atoms with Crippen LogP contribution in [0.25, 0.3) is 11.0 Å². The molecular formula is C18H23N3O2. The Morgan fingerprint density at radius 2 is 2.13 bits per heavy atom. The van der Waals surface area contributed by atoms with Crippen molar-refractivity contribution in [3.8, 4) is 0 Å². The van der Waals surface area contributed by atoms with Gasteiger partial charge in [0.2, 0.25) is 5.91 Å². The Hall–Kier alpha value is -1.88. The predicted octanol–water partition coefficient (Wildman–Crippen LogP) is 2.77. The van der Waals surface area contributed by atoms with Crippen LogP contribution in [0.5, 0.6) is 0 Å². The number of amides is 1. The summed E-state index contributed by atoms with van der Waals surface area (Å²) in [5, 5.41) is 0. The second-order valence-electron chi connectivity index (χ2n) is 6.61. The standard InChI is InChI=1S/C18H23N3O2/c1-13(21-12-19-14-6-2-3-7-15(14)21)18(22)20-10-11-23-17-9-5-4-8-16(17)20/h2-3,6-7,12-13,16-17H,4-5,8-11H2,1H3/t13-,16+,17-/m1/s1. The van der Waals surface area contributed by atoms with E-state index in [9.17, 15) is 4.79 Å². The van der Waals surface area contributed by atoms with E-state index >= 15 is 0 Å². The number of rotatable bonds is 2. The van der Waals surface area contributed by atoms with Crippen molar-refractivity contribution >= 4 is 16.9 Å². The molecule has 2 heterocycles. The van der Waals surface area contributed by atoms with Crippen LogP contribution >= 0.6 is 0 Å². The van der Waals surface area contributed by atoms with Crippen molar-refractivity contribution < 1.29 is 9.53 Å². The van der Waals surface area contributed by atoms with Crippen LogP contribution in [-0.4, -0.2) is 45.7 Å². The lowest BCUT2D eigenvalue weighted by molar-refractivity contribution is -0.152. The predicted molar refractivity (Wildman–Crippen MR) is 88.2 cm³/mol. The highest BCUT2D eigenvalue weighted by Gasteiger charge is 2.38. The first-order valence-electron chi connectivity index (χ1n) is 8.59. The molecule has 1 saturated carbocycles. The van der Waals surface area contributed by atoms with Gasteiger partial charge in [-0.3, -0.25) is 4.79 Å². The molecule has 3 atom stereocenters. The third-order valence-electron chi connectivity index (χ3n) is 5.27. The minimum absolute atomic E-state index is 0.188. The lowest BCUT2D eigenvalue weighted by Crippen LogP contribution is -2.56. The van der Waals surface area contributed by atoms with E-state index in [1.54, 1.807) is 6.33 Å². The van der Waals surface area contributed by atoms with Crippen molar-refractivity contribution in [2.75, 3.05) is 13.2 Å². The minimum Gasteiger partial charge on any atom is -0.374 e. The van der Waals surface area contributed by atoms with Gasteiger partial charge in [0, 0.05) is 6.54 Å². The molecule has 5 heteroatoms. The number of fused-ring (bicyclic) bond motifs is 2. The van der Waals surface area contributed by atoms with Gasteiger partial charge in [-0.1, -0.05) is 25.0 Å². The van der Waals surface area contributed by atoms with Crippen molar-refractivity contribution in [2.45, 2.75) is 50.8 Å². The zero-order chi connectivity index (χ0) is 15.8. The summed E-state index contributed by atoms with van der Waals surface area (Å²) >= 11 is 0. The van der Waals surface area contributed by atoms with Gasteiger partial charge in [0.25, 0.3) is 0 Å². The number of carbonyl (C=O) groups is 1. The molecule has 1 aromatic carbocycles. The highest BCUT2D eigenvalue weighted by atomic mass is 16.5. The summed E-state index contributed by atoms with van der Waals surface area (Å²) in [6, 6.07) is 7.99. The second kappa shape index (κ2) is 5.96. The summed E-state index contributed by atoms with van der Waals surface area (Å²) < 4.78 is 7.88. The fourth-order valence-corrected chi connectivity index (χ4v) is 4.02. The molecule has 1 amide bonds.